The third kappa shape index (κ3) is 4.77. The number of aliphatic hydroxyl groups is 1. The highest BCUT2D eigenvalue weighted by molar-refractivity contribution is 7.14. The van der Waals surface area contributed by atoms with Crippen LogP contribution in [0.15, 0.2) is 29.6 Å². The normalized spacial score (nSPS) is 13.3. The Morgan fingerprint density at radius 3 is 2.83 bits per heavy atom. The van der Waals surface area contributed by atoms with Gasteiger partial charge in [-0.1, -0.05) is 24.3 Å². The fourth-order valence-corrected chi connectivity index (χ4v) is 3.00. The summed E-state index contributed by atoms with van der Waals surface area (Å²) in [5, 5.41) is 18.2. The fourth-order valence-electron chi connectivity index (χ4n) is 2.25. The Hall–Kier alpha value is -1.96. The minimum Gasteiger partial charge on any atom is -0.391 e. The van der Waals surface area contributed by atoms with E-state index in [4.69, 9.17) is 4.74 Å². The van der Waals surface area contributed by atoms with Gasteiger partial charge in [-0.05, 0) is 19.4 Å². The molecule has 0 bridgehead atoms. The Morgan fingerprint density at radius 2 is 2.17 bits per heavy atom. The lowest BCUT2D eigenvalue weighted by Gasteiger charge is -2.20. The van der Waals surface area contributed by atoms with Crippen LogP contribution >= 0.6 is 11.3 Å². The third-order valence-corrected chi connectivity index (χ3v) is 4.35. The van der Waals surface area contributed by atoms with E-state index in [-0.39, 0.29) is 5.91 Å². The lowest BCUT2D eigenvalue weighted by Crippen LogP contribution is -2.46. The van der Waals surface area contributed by atoms with Crippen LogP contribution in [0.5, 0.6) is 0 Å². The van der Waals surface area contributed by atoms with E-state index in [1.165, 1.54) is 11.3 Å². The van der Waals surface area contributed by atoms with Crippen molar-refractivity contribution < 1.29 is 14.6 Å². The number of thiazole rings is 1. The van der Waals surface area contributed by atoms with Crippen molar-refractivity contribution in [2.45, 2.75) is 26.0 Å². The molecule has 2 rings (SSSR count). The van der Waals surface area contributed by atoms with Crippen LogP contribution in [0.1, 0.15) is 12.5 Å². The number of amides is 1. The second-order valence-corrected chi connectivity index (χ2v) is 6.36. The van der Waals surface area contributed by atoms with Crippen LogP contribution in [0, 0.1) is 6.92 Å². The molecule has 7 heteroatoms. The molecule has 1 heterocycles. The van der Waals surface area contributed by atoms with E-state index < -0.39 is 12.1 Å². The van der Waals surface area contributed by atoms with E-state index >= 15 is 0 Å². The Kier molecular flexibility index (Phi) is 6.72. The molecule has 0 radical (unpaired) electrons. The van der Waals surface area contributed by atoms with Crippen LogP contribution in [-0.2, 0) is 9.53 Å². The zero-order valence-electron chi connectivity index (χ0n) is 14.1. The summed E-state index contributed by atoms with van der Waals surface area (Å²) in [6.45, 7) is 4.42. The number of carbonyl (C=O) groups is 1. The van der Waals surface area contributed by atoms with Gasteiger partial charge in [-0.25, -0.2) is 4.98 Å². The molecule has 3 N–H and O–H groups in total. The standard InChI is InChI=1S/C17H23N3O3S/c1-11-6-4-5-7-13(11)14-10-24-17(19-14)20-15(12(2)21)16(22)18-8-9-23-3/h4-7,10,12,15,21H,8-9H2,1-3H3,(H,18,22)(H,19,20)/t12-,15+/m1/s1. The Balaban J connectivity index is 2.08. The van der Waals surface area contributed by atoms with Gasteiger partial charge in [0, 0.05) is 24.6 Å². The van der Waals surface area contributed by atoms with Gasteiger partial charge >= 0.3 is 0 Å². The predicted octanol–water partition coefficient (Wildman–Crippen LogP) is 2.04. The number of ether oxygens (including phenoxy) is 1. The minimum absolute atomic E-state index is 0.283. The van der Waals surface area contributed by atoms with Gasteiger partial charge in [0.05, 0.1) is 18.4 Å². The number of anilines is 1. The van der Waals surface area contributed by atoms with Crippen LogP contribution in [0.3, 0.4) is 0 Å². The van der Waals surface area contributed by atoms with Gasteiger partial charge in [-0.2, -0.15) is 0 Å². The van der Waals surface area contributed by atoms with Crippen molar-refractivity contribution in [2.24, 2.45) is 0 Å². The number of aryl methyl sites for hydroxylation is 1. The summed E-state index contributed by atoms with van der Waals surface area (Å²) in [6.07, 6.45) is -0.849. The summed E-state index contributed by atoms with van der Waals surface area (Å²) in [4.78, 5) is 16.7. The molecule has 0 saturated heterocycles. The molecule has 2 atom stereocenters. The lowest BCUT2D eigenvalue weighted by molar-refractivity contribution is -0.123. The van der Waals surface area contributed by atoms with Crippen LogP contribution < -0.4 is 10.6 Å². The first-order valence-electron chi connectivity index (χ1n) is 7.75. The number of carbonyl (C=O) groups excluding carboxylic acids is 1. The SMILES string of the molecule is COCCNC(=O)[C@@H](Nc1nc(-c2ccccc2C)cs1)[C@@H](C)O. The first-order chi connectivity index (χ1) is 11.5. The van der Waals surface area contributed by atoms with E-state index in [0.29, 0.717) is 18.3 Å². The van der Waals surface area contributed by atoms with E-state index in [1.807, 2.05) is 36.6 Å². The number of hydrogen-bond acceptors (Lipinski definition) is 6. The van der Waals surface area contributed by atoms with Gasteiger partial charge < -0.3 is 20.5 Å². The number of aliphatic hydroxyl groups excluding tert-OH is 1. The lowest BCUT2D eigenvalue weighted by atomic mass is 10.1. The summed E-state index contributed by atoms with van der Waals surface area (Å²) in [7, 11) is 1.57. The third-order valence-electron chi connectivity index (χ3n) is 3.57. The Labute approximate surface area is 145 Å². The highest BCUT2D eigenvalue weighted by Crippen LogP contribution is 2.27. The van der Waals surface area contributed by atoms with Crippen molar-refractivity contribution in [3.05, 3.63) is 35.2 Å². The maximum Gasteiger partial charge on any atom is 0.245 e. The molecular formula is C17H23N3O3S. The number of nitrogens with one attached hydrogen (secondary N) is 2. The van der Waals surface area contributed by atoms with Crippen LogP contribution in [0.4, 0.5) is 5.13 Å². The van der Waals surface area contributed by atoms with Gasteiger partial charge in [0.25, 0.3) is 0 Å². The highest BCUT2D eigenvalue weighted by Gasteiger charge is 2.24. The molecule has 0 spiro atoms. The molecule has 6 nitrogen and oxygen atoms in total. The summed E-state index contributed by atoms with van der Waals surface area (Å²) < 4.78 is 4.91. The average molecular weight is 349 g/mol. The van der Waals surface area contributed by atoms with E-state index in [1.54, 1.807) is 14.0 Å². The highest BCUT2D eigenvalue weighted by atomic mass is 32.1. The number of aromatic nitrogens is 1. The van der Waals surface area contributed by atoms with Crippen molar-refractivity contribution in [1.29, 1.82) is 0 Å². The molecule has 130 valence electrons. The summed E-state index contributed by atoms with van der Waals surface area (Å²) in [6, 6.07) is 7.23. The van der Waals surface area contributed by atoms with Gasteiger partial charge in [-0.3, -0.25) is 4.79 Å². The minimum atomic E-state index is -0.849. The van der Waals surface area contributed by atoms with Crippen LogP contribution in [-0.4, -0.2) is 48.4 Å². The summed E-state index contributed by atoms with van der Waals surface area (Å²) in [5.74, 6) is -0.283. The molecule has 0 fully saturated rings. The largest absolute Gasteiger partial charge is 0.391 e. The molecule has 1 aromatic heterocycles. The van der Waals surface area contributed by atoms with Gasteiger partial charge in [0.15, 0.2) is 5.13 Å². The number of rotatable bonds is 8. The predicted molar refractivity (Wildman–Crippen MR) is 96.3 cm³/mol. The number of methoxy groups -OCH3 is 1. The number of nitrogens with zero attached hydrogens (tertiary/aromatic N) is 1. The molecule has 1 aromatic carbocycles. The van der Waals surface area contributed by atoms with Crippen molar-refractivity contribution in [3.63, 3.8) is 0 Å². The Morgan fingerprint density at radius 1 is 1.42 bits per heavy atom. The van der Waals surface area contributed by atoms with Crippen LogP contribution in [0.2, 0.25) is 0 Å². The topological polar surface area (TPSA) is 83.5 Å². The molecule has 0 aliphatic heterocycles. The number of hydrogen-bond donors (Lipinski definition) is 3. The Bertz CT molecular complexity index is 673. The van der Waals surface area contributed by atoms with Gasteiger partial charge in [0.1, 0.15) is 6.04 Å². The molecule has 24 heavy (non-hydrogen) atoms. The quantitative estimate of drug-likeness (QED) is 0.635. The molecule has 0 unspecified atom stereocenters. The van der Waals surface area contributed by atoms with E-state index in [2.05, 4.69) is 15.6 Å². The van der Waals surface area contributed by atoms with Gasteiger partial charge in [0.2, 0.25) is 5.91 Å². The van der Waals surface area contributed by atoms with Crippen molar-refractivity contribution >= 4 is 22.4 Å². The molecule has 0 saturated carbocycles. The molecule has 0 aliphatic rings. The second kappa shape index (κ2) is 8.77. The maximum atomic E-state index is 12.2. The number of benzene rings is 1. The molecule has 0 aliphatic carbocycles. The smallest absolute Gasteiger partial charge is 0.245 e. The van der Waals surface area contributed by atoms with E-state index in [9.17, 15) is 9.90 Å². The monoisotopic (exact) mass is 349 g/mol. The second-order valence-electron chi connectivity index (χ2n) is 5.50. The molecule has 2 aromatic rings. The zero-order chi connectivity index (χ0) is 17.5. The van der Waals surface area contributed by atoms with Crippen molar-refractivity contribution in [3.8, 4) is 11.3 Å². The fraction of sp³-hybridized carbons (Fsp3) is 0.412. The summed E-state index contributed by atoms with van der Waals surface area (Å²) in [5.41, 5.74) is 3.04. The molecule has 1 amide bonds. The van der Waals surface area contributed by atoms with Gasteiger partial charge in [-0.15, -0.1) is 11.3 Å². The van der Waals surface area contributed by atoms with Crippen molar-refractivity contribution in [2.75, 3.05) is 25.6 Å². The van der Waals surface area contributed by atoms with Crippen LogP contribution in [0.25, 0.3) is 11.3 Å². The molecular weight excluding hydrogens is 326 g/mol. The maximum absolute atomic E-state index is 12.2. The summed E-state index contributed by atoms with van der Waals surface area (Å²) >= 11 is 1.41. The zero-order valence-corrected chi connectivity index (χ0v) is 14.9. The van der Waals surface area contributed by atoms with Crippen molar-refractivity contribution in [1.82, 2.24) is 10.3 Å². The van der Waals surface area contributed by atoms with E-state index in [0.717, 1.165) is 16.8 Å². The first-order valence-corrected chi connectivity index (χ1v) is 8.63. The average Bonchev–Trinajstić information content (AvgIpc) is 3.01. The first kappa shape index (κ1) is 18.4.